The first kappa shape index (κ1) is 22.2. The van der Waals surface area contributed by atoms with Crippen LogP contribution in [-0.2, 0) is 4.79 Å². The molecule has 0 spiro atoms. The summed E-state index contributed by atoms with van der Waals surface area (Å²) in [6.07, 6.45) is 4.88. The van der Waals surface area contributed by atoms with E-state index < -0.39 is 0 Å². The molecular formula is C17H29Cl2N3O. The summed E-state index contributed by atoms with van der Waals surface area (Å²) in [5, 5.41) is 3.16. The molecule has 3 N–H and O–H groups in total. The first-order valence-corrected chi connectivity index (χ1v) is 7.82. The Labute approximate surface area is 152 Å². The third kappa shape index (κ3) is 7.08. The van der Waals surface area contributed by atoms with Crippen molar-refractivity contribution in [2.24, 2.45) is 5.73 Å². The van der Waals surface area contributed by atoms with Crippen molar-refractivity contribution in [3.8, 4) is 0 Å². The molecule has 1 aromatic carbocycles. The van der Waals surface area contributed by atoms with Crippen molar-refractivity contribution in [3.05, 3.63) is 35.9 Å². The molecule has 0 aromatic heterocycles. The lowest BCUT2D eigenvalue weighted by atomic mass is 9.90. The van der Waals surface area contributed by atoms with Crippen LogP contribution in [0.4, 0.5) is 0 Å². The normalized spacial score (nSPS) is 21.7. The van der Waals surface area contributed by atoms with Crippen molar-refractivity contribution in [3.63, 3.8) is 0 Å². The Morgan fingerprint density at radius 2 is 1.91 bits per heavy atom. The van der Waals surface area contributed by atoms with Crippen LogP contribution in [0.5, 0.6) is 0 Å². The molecule has 2 rings (SSSR count). The fourth-order valence-corrected chi connectivity index (χ4v) is 3.07. The van der Waals surface area contributed by atoms with Gasteiger partial charge in [0.1, 0.15) is 0 Å². The van der Waals surface area contributed by atoms with Crippen molar-refractivity contribution >= 4 is 30.7 Å². The number of halogens is 2. The molecule has 4 nitrogen and oxygen atoms in total. The van der Waals surface area contributed by atoms with Crippen LogP contribution in [0.1, 0.15) is 43.7 Å². The highest BCUT2D eigenvalue weighted by molar-refractivity contribution is 5.85. The van der Waals surface area contributed by atoms with Crippen LogP contribution in [0.15, 0.2) is 30.3 Å². The first-order valence-electron chi connectivity index (χ1n) is 7.82. The van der Waals surface area contributed by atoms with Gasteiger partial charge in [-0.3, -0.25) is 4.79 Å². The van der Waals surface area contributed by atoms with Crippen LogP contribution in [0.25, 0.3) is 0 Å². The van der Waals surface area contributed by atoms with Gasteiger partial charge in [-0.25, -0.2) is 0 Å². The zero-order valence-electron chi connectivity index (χ0n) is 13.9. The number of carbonyl (C=O) groups excluding carboxylic acids is 1. The summed E-state index contributed by atoms with van der Waals surface area (Å²) >= 11 is 0. The number of nitrogens with two attached hydrogens (primary N) is 1. The molecule has 132 valence electrons. The van der Waals surface area contributed by atoms with Crippen LogP contribution < -0.4 is 11.1 Å². The Hall–Kier alpha value is -0.810. The molecule has 23 heavy (non-hydrogen) atoms. The zero-order chi connectivity index (χ0) is 15.2. The summed E-state index contributed by atoms with van der Waals surface area (Å²) in [5.74, 6) is 0.0655. The second-order valence-electron chi connectivity index (χ2n) is 6.27. The van der Waals surface area contributed by atoms with Crippen LogP contribution >= 0.6 is 24.8 Å². The minimum absolute atomic E-state index is 0. The van der Waals surface area contributed by atoms with Gasteiger partial charge in [0, 0.05) is 24.5 Å². The lowest BCUT2D eigenvalue weighted by molar-refractivity contribution is -0.122. The van der Waals surface area contributed by atoms with Crippen LogP contribution in [0, 0.1) is 0 Å². The van der Waals surface area contributed by atoms with Crippen LogP contribution in [0.2, 0.25) is 0 Å². The van der Waals surface area contributed by atoms with Crippen molar-refractivity contribution in [2.45, 2.75) is 50.2 Å². The Balaban J connectivity index is 0.00000242. The average molecular weight is 362 g/mol. The van der Waals surface area contributed by atoms with Gasteiger partial charge in [0.15, 0.2) is 0 Å². The van der Waals surface area contributed by atoms with Crippen molar-refractivity contribution in [1.29, 1.82) is 0 Å². The van der Waals surface area contributed by atoms with Gasteiger partial charge < -0.3 is 16.0 Å². The van der Waals surface area contributed by atoms with Gasteiger partial charge in [-0.05, 0) is 45.3 Å². The van der Waals surface area contributed by atoms with Gasteiger partial charge in [0.2, 0.25) is 5.91 Å². The zero-order valence-corrected chi connectivity index (χ0v) is 15.5. The van der Waals surface area contributed by atoms with Crippen molar-refractivity contribution in [1.82, 2.24) is 10.2 Å². The Kier molecular flexibility index (Phi) is 10.5. The summed E-state index contributed by atoms with van der Waals surface area (Å²) < 4.78 is 0. The molecule has 3 atom stereocenters. The molecule has 1 amide bonds. The molecular weight excluding hydrogens is 333 g/mol. The van der Waals surface area contributed by atoms with Crippen molar-refractivity contribution < 1.29 is 4.79 Å². The third-order valence-electron chi connectivity index (χ3n) is 4.37. The second kappa shape index (κ2) is 10.9. The molecule has 6 heteroatoms. The number of nitrogens with one attached hydrogen (secondary N) is 1. The number of amides is 1. The number of hydrogen-bond acceptors (Lipinski definition) is 3. The standard InChI is InChI=1S/C17H27N3O.2ClH/c1-20(2)15-10-6-9-14(11-15)19-17(21)12-16(18)13-7-4-3-5-8-13;;/h3-5,7-8,14-16H,6,9-12,18H2,1-2H3,(H,19,21);2*1H. The van der Waals surface area contributed by atoms with E-state index in [-0.39, 0.29) is 36.8 Å². The van der Waals surface area contributed by atoms with Crippen LogP contribution in [0.3, 0.4) is 0 Å². The summed E-state index contributed by atoms with van der Waals surface area (Å²) in [6, 6.07) is 10.5. The highest BCUT2D eigenvalue weighted by Crippen LogP contribution is 2.22. The molecule has 1 fully saturated rings. The molecule has 3 unspecified atom stereocenters. The van der Waals surface area contributed by atoms with Crippen LogP contribution in [-0.4, -0.2) is 37.0 Å². The van der Waals surface area contributed by atoms with Crippen molar-refractivity contribution in [2.75, 3.05) is 14.1 Å². The van der Waals surface area contributed by atoms with E-state index in [4.69, 9.17) is 5.73 Å². The average Bonchev–Trinajstić information content (AvgIpc) is 2.48. The molecule has 1 aromatic rings. The number of benzene rings is 1. The number of rotatable bonds is 5. The molecule has 1 saturated carbocycles. The maximum absolute atomic E-state index is 12.2. The minimum atomic E-state index is -0.223. The maximum atomic E-state index is 12.2. The Morgan fingerprint density at radius 3 is 2.52 bits per heavy atom. The monoisotopic (exact) mass is 361 g/mol. The maximum Gasteiger partial charge on any atom is 0.222 e. The fourth-order valence-electron chi connectivity index (χ4n) is 3.07. The molecule has 1 aliphatic rings. The van der Waals surface area contributed by atoms with E-state index >= 15 is 0 Å². The second-order valence-corrected chi connectivity index (χ2v) is 6.27. The topological polar surface area (TPSA) is 58.4 Å². The smallest absolute Gasteiger partial charge is 0.222 e. The van der Waals surface area contributed by atoms with E-state index in [0.717, 1.165) is 18.4 Å². The van der Waals surface area contributed by atoms with E-state index in [1.54, 1.807) is 0 Å². The molecule has 1 aliphatic carbocycles. The summed E-state index contributed by atoms with van der Waals surface area (Å²) in [6.45, 7) is 0. The Morgan fingerprint density at radius 1 is 1.26 bits per heavy atom. The van der Waals surface area contributed by atoms with Gasteiger partial charge in [-0.1, -0.05) is 30.3 Å². The predicted octanol–water partition coefficient (Wildman–Crippen LogP) is 2.91. The molecule has 0 bridgehead atoms. The van der Waals surface area contributed by atoms with E-state index in [2.05, 4.69) is 24.3 Å². The predicted molar refractivity (Wildman–Crippen MR) is 100 cm³/mol. The molecule has 0 aliphatic heterocycles. The third-order valence-corrected chi connectivity index (χ3v) is 4.37. The number of nitrogens with zero attached hydrogens (tertiary/aromatic N) is 1. The molecule has 0 saturated heterocycles. The van der Waals surface area contributed by atoms with E-state index in [0.29, 0.717) is 18.5 Å². The SMILES string of the molecule is CN(C)C1CCCC(NC(=O)CC(N)c2ccccc2)C1.Cl.Cl. The van der Waals surface area contributed by atoms with Gasteiger partial charge in [0.05, 0.1) is 0 Å². The summed E-state index contributed by atoms with van der Waals surface area (Å²) in [7, 11) is 4.22. The van der Waals surface area contributed by atoms with Gasteiger partial charge >= 0.3 is 0 Å². The number of hydrogen-bond donors (Lipinski definition) is 2. The first-order chi connectivity index (χ1) is 10.1. The number of carbonyl (C=O) groups is 1. The highest BCUT2D eigenvalue weighted by Gasteiger charge is 2.24. The van der Waals surface area contributed by atoms with Gasteiger partial charge in [-0.15, -0.1) is 24.8 Å². The van der Waals surface area contributed by atoms with Gasteiger partial charge in [0.25, 0.3) is 0 Å². The molecule has 0 radical (unpaired) electrons. The van der Waals surface area contributed by atoms with E-state index in [1.165, 1.54) is 12.8 Å². The lowest BCUT2D eigenvalue weighted by Gasteiger charge is -2.33. The minimum Gasteiger partial charge on any atom is -0.353 e. The highest BCUT2D eigenvalue weighted by atomic mass is 35.5. The summed E-state index contributed by atoms with van der Waals surface area (Å²) in [5.41, 5.74) is 7.12. The fraction of sp³-hybridized carbons (Fsp3) is 0.588. The van der Waals surface area contributed by atoms with E-state index in [1.807, 2.05) is 30.3 Å². The van der Waals surface area contributed by atoms with E-state index in [9.17, 15) is 4.79 Å². The summed E-state index contributed by atoms with van der Waals surface area (Å²) in [4.78, 5) is 14.4. The molecule has 0 heterocycles. The lowest BCUT2D eigenvalue weighted by Crippen LogP contribution is -2.44. The Bertz CT molecular complexity index is 456. The quantitative estimate of drug-likeness (QED) is 0.847. The van der Waals surface area contributed by atoms with Gasteiger partial charge in [-0.2, -0.15) is 0 Å². The largest absolute Gasteiger partial charge is 0.353 e.